The third kappa shape index (κ3) is 5.33. The molecule has 4 aromatic rings. The van der Waals surface area contributed by atoms with E-state index in [-0.39, 0.29) is 29.4 Å². The number of fused-ring (bicyclic) bond motifs is 2. The van der Waals surface area contributed by atoms with Crippen molar-refractivity contribution in [3.63, 3.8) is 0 Å². The van der Waals surface area contributed by atoms with Crippen molar-refractivity contribution in [3.8, 4) is 23.0 Å². The highest BCUT2D eigenvalue weighted by atomic mass is 19.1. The maximum Gasteiger partial charge on any atom is 0.318 e. The molecule has 1 amide bonds. The van der Waals surface area contributed by atoms with E-state index in [2.05, 4.69) is 15.0 Å². The van der Waals surface area contributed by atoms with Crippen molar-refractivity contribution in [2.24, 2.45) is 17.1 Å². The molecule has 0 aliphatic carbocycles. The fraction of sp³-hybridized carbons (Fsp3) is 0.400. The number of halogens is 2. The number of aryl methyl sites for hydroxylation is 1. The third-order valence-electron chi connectivity index (χ3n) is 7.48. The van der Waals surface area contributed by atoms with Gasteiger partial charge in [0.1, 0.15) is 28.6 Å². The van der Waals surface area contributed by atoms with Gasteiger partial charge in [0, 0.05) is 32.0 Å². The lowest BCUT2D eigenvalue weighted by atomic mass is 9.78. The summed E-state index contributed by atoms with van der Waals surface area (Å²) < 4.78 is 47.6. The standard InChI is InChI=1S/C30H33F2N5O4/c1-6-19-22(31)8-7-16-9-18(41-15-39-4)10-20(23(16)19)25-24(32)26-21(12-34-25)28(36-29(35-26)40-5)37-13-17(27(33)38)11-30(2,3)14-37/h7-10,12,17H,6,11,13-15H2,1-5H3,(H2,33,38). The van der Waals surface area contributed by atoms with Crippen LogP contribution in [0.1, 0.15) is 32.8 Å². The smallest absolute Gasteiger partial charge is 0.318 e. The number of carbonyl (C=O) groups excluding carboxylic acids is 1. The molecule has 11 heteroatoms. The highest BCUT2D eigenvalue weighted by Crippen LogP contribution is 2.41. The maximum atomic E-state index is 16.6. The lowest BCUT2D eigenvalue weighted by molar-refractivity contribution is -0.123. The van der Waals surface area contributed by atoms with Gasteiger partial charge < -0.3 is 24.8 Å². The molecule has 1 atom stereocenters. The number of rotatable bonds is 8. The largest absolute Gasteiger partial charge is 0.468 e. The van der Waals surface area contributed by atoms with Gasteiger partial charge in [-0.2, -0.15) is 9.97 Å². The van der Waals surface area contributed by atoms with Gasteiger partial charge in [-0.05, 0) is 52.8 Å². The summed E-state index contributed by atoms with van der Waals surface area (Å²) >= 11 is 0. The number of pyridine rings is 1. The molecular weight excluding hydrogens is 532 g/mol. The Morgan fingerprint density at radius 2 is 1.98 bits per heavy atom. The fourth-order valence-corrected chi connectivity index (χ4v) is 5.77. The summed E-state index contributed by atoms with van der Waals surface area (Å²) in [6.07, 6.45) is 2.51. The SMILES string of the molecule is CCc1c(F)ccc2cc(OCOC)cc(-c3ncc4c(N5CC(C(N)=O)CC(C)(C)C5)nc(OC)nc4c3F)c12. The maximum absolute atomic E-state index is 16.6. The van der Waals surface area contributed by atoms with E-state index in [9.17, 15) is 9.18 Å². The molecule has 1 aliphatic heterocycles. The molecule has 2 N–H and O–H groups in total. The predicted octanol–water partition coefficient (Wildman–Crippen LogP) is 5.01. The van der Waals surface area contributed by atoms with E-state index in [1.165, 1.54) is 26.5 Å². The van der Waals surface area contributed by atoms with E-state index in [4.69, 9.17) is 19.9 Å². The summed E-state index contributed by atoms with van der Waals surface area (Å²) in [6.45, 7) is 6.78. The van der Waals surface area contributed by atoms with Crippen molar-refractivity contribution in [1.82, 2.24) is 15.0 Å². The second kappa shape index (κ2) is 11.0. The van der Waals surface area contributed by atoms with E-state index in [1.54, 1.807) is 18.2 Å². The average Bonchev–Trinajstić information content (AvgIpc) is 2.94. The Morgan fingerprint density at radius 3 is 2.66 bits per heavy atom. The fourth-order valence-electron chi connectivity index (χ4n) is 5.77. The number of methoxy groups -OCH3 is 2. The number of hydrogen-bond donors (Lipinski definition) is 1. The molecule has 41 heavy (non-hydrogen) atoms. The highest BCUT2D eigenvalue weighted by molar-refractivity contribution is 6.02. The summed E-state index contributed by atoms with van der Waals surface area (Å²) in [5.74, 6) is -1.11. The Bertz CT molecular complexity index is 1650. The molecule has 3 heterocycles. The minimum absolute atomic E-state index is 0.0123. The first-order valence-corrected chi connectivity index (χ1v) is 13.4. The number of primary amides is 1. The van der Waals surface area contributed by atoms with Gasteiger partial charge in [0.2, 0.25) is 5.91 Å². The van der Waals surface area contributed by atoms with Crippen molar-refractivity contribution >= 4 is 33.4 Å². The van der Waals surface area contributed by atoms with E-state index in [0.29, 0.717) is 64.8 Å². The molecule has 9 nitrogen and oxygen atoms in total. The summed E-state index contributed by atoms with van der Waals surface area (Å²) in [7, 11) is 2.90. The number of benzene rings is 2. The van der Waals surface area contributed by atoms with Gasteiger partial charge in [-0.25, -0.2) is 8.78 Å². The van der Waals surface area contributed by atoms with Crippen LogP contribution in [0.4, 0.5) is 14.6 Å². The number of anilines is 1. The summed E-state index contributed by atoms with van der Waals surface area (Å²) in [5.41, 5.74) is 6.19. The van der Waals surface area contributed by atoms with Crippen LogP contribution in [0.15, 0.2) is 30.5 Å². The first-order chi connectivity index (χ1) is 19.6. The highest BCUT2D eigenvalue weighted by Gasteiger charge is 2.37. The number of carbonyl (C=O) groups is 1. The molecule has 0 radical (unpaired) electrons. The lowest BCUT2D eigenvalue weighted by Crippen LogP contribution is -2.49. The Labute approximate surface area is 236 Å². The number of nitrogens with two attached hydrogens (primary N) is 1. The van der Waals surface area contributed by atoms with Crippen LogP contribution in [-0.4, -0.2) is 55.0 Å². The van der Waals surface area contributed by atoms with E-state index in [1.807, 2.05) is 25.7 Å². The Morgan fingerprint density at radius 1 is 1.20 bits per heavy atom. The summed E-state index contributed by atoms with van der Waals surface area (Å²) in [5, 5.41) is 1.56. The Hall–Kier alpha value is -4.12. The normalized spacial score (nSPS) is 16.8. The molecule has 216 valence electrons. The number of ether oxygens (including phenoxy) is 3. The zero-order valence-electron chi connectivity index (χ0n) is 23.8. The Balaban J connectivity index is 1.75. The van der Waals surface area contributed by atoms with Crippen molar-refractivity contribution in [3.05, 3.63) is 47.7 Å². The van der Waals surface area contributed by atoms with Crippen LogP contribution < -0.4 is 20.1 Å². The van der Waals surface area contributed by atoms with E-state index in [0.717, 1.165) is 0 Å². The second-order valence-corrected chi connectivity index (χ2v) is 11.1. The molecule has 1 unspecified atom stereocenters. The molecule has 0 saturated carbocycles. The molecule has 2 aromatic carbocycles. The van der Waals surface area contributed by atoms with Gasteiger partial charge in [0.15, 0.2) is 12.6 Å². The Kier molecular flexibility index (Phi) is 7.65. The van der Waals surface area contributed by atoms with Gasteiger partial charge in [0.25, 0.3) is 0 Å². The zero-order chi connectivity index (χ0) is 29.5. The van der Waals surface area contributed by atoms with Crippen LogP contribution in [-0.2, 0) is 16.0 Å². The van der Waals surface area contributed by atoms with Gasteiger partial charge in [-0.15, -0.1) is 0 Å². The van der Waals surface area contributed by atoms with Gasteiger partial charge >= 0.3 is 6.01 Å². The molecule has 1 saturated heterocycles. The molecular formula is C30H33F2N5O4. The van der Waals surface area contributed by atoms with Crippen LogP contribution in [0.5, 0.6) is 11.8 Å². The molecule has 0 spiro atoms. The summed E-state index contributed by atoms with van der Waals surface area (Å²) in [6, 6.07) is 6.36. The quantitative estimate of drug-likeness (QED) is 0.297. The average molecular weight is 566 g/mol. The number of aromatic nitrogens is 3. The van der Waals surface area contributed by atoms with Crippen LogP contribution in [0, 0.1) is 23.0 Å². The molecule has 5 rings (SSSR count). The van der Waals surface area contributed by atoms with Crippen LogP contribution in [0.25, 0.3) is 32.9 Å². The van der Waals surface area contributed by atoms with E-state index >= 15 is 4.39 Å². The second-order valence-electron chi connectivity index (χ2n) is 11.1. The lowest BCUT2D eigenvalue weighted by Gasteiger charge is -2.42. The molecule has 0 bridgehead atoms. The minimum atomic E-state index is -0.719. The third-order valence-corrected chi connectivity index (χ3v) is 7.48. The first kappa shape index (κ1) is 28.4. The van der Waals surface area contributed by atoms with Crippen LogP contribution in [0.3, 0.4) is 0 Å². The number of amides is 1. The van der Waals surface area contributed by atoms with Gasteiger partial charge in [0.05, 0.1) is 18.4 Å². The molecule has 1 fully saturated rings. The molecule has 1 aliphatic rings. The number of piperidine rings is 1. The van der Waals surface area contributed by atoms with E-state index < -0.39 is 23.5 Å². The monoisotopic (exact) mass is 565 g/mol. The van der Waals surface area contributed by atoms with Crippen molar-refractivity contribution in [2.45, 2.75) is 33.6 Å². The van der Waals surface area contributed by atoms with Gasteiger partial charge in [-0.3, -0.25) is 9.78 Å². The molecule has 2 aromatic heterocycles. The first-order valence-electron chi connectivity index (χ1n) is 13.4. The van der Waals surface area contributed by atoms with Crippen LogP contribution in [0.2, 0.25) is 0 Å². The van der Waals surface area contributed by atoms with Crippen molar-refractivity contribution < 1.29 is 27.8 Å². The topological polar surface area (TPSA) is 113 Å². The summed E-state index contributed by atoms with van der Waals surface area (Å²) in [4.78, 5) is 27.5. The number of nitrogens with zero attached hydrogens (tertiary/aromatic N) is 4. The number of hydrogen-bond acceptors (Lipinski definition) is 8. The van der Waals surface area contributed by atoms with Crippen LogP contribution >= 0.6 is 0 Å². The zero-order valence-corrected chi connectivity index (χ0v) is 23.8. The van der Waals surface area contributed by atoms with Gasteiger partial charge in [-0.1, -0.05) is 26.8 Å². The minimum Gasteiger partial charge on any atom is -0.468 e. The predicted molar refractivity (Wildman–Crippen MR) is 152 cm³/mol. The van der Waals surface area contributed by atoms with Crippen molar-refractivity contribution in [2.75, 3.05) is 39.0 Å². The van der Waals surface area contributed by atoms with Crippen molar-refractivity contribution in [1.29, 1.82) is 0 Å².